The van der Waals surface area contributed by atoms with E-state index in [0.717, 1.165) is 11.4 Å². The molecule has 1 aromatic rings. The molecule has 3 heteroatoms. The minimum absolute atomic E-state index is 0.591. The van der Waals surface area contributed by atoms with Gasteiger partial charge in [-0.15, -0.1) is 0 Å². The number of rotatable bonds is 5. The summed E-state index contributed by atoms with van der Waals surface area (Å²) in [6, 6.07) is 5.78. The van der Waals surface area contributed by atoms with Crippen molar-refractivity contribution < 1.29 is 0 Å². The maximum atomic E-state index is 5.76. The molecule has 0 saturated heterocycles. The van der Waals surface area contributed by atoms with E-state index >= 15 is 0 Å². The van der Waals surface area contributed by atoms with Gasteiger partial charge in [0.1, 0.15) is 5.15 Å². The second-order valence-corrected chi connectivity index (χ2v) is 4.35. The van der Waals surface area contributed by atoms with Gasteiger partial charge in [0.05, 0.1) is 5.69 Å². The number of nitrogens with zero attached hydrogens (tertiary/aromatic N) is 1. The second kappa shape index (κ2) is 6.28. The first-order valence-corrected chi connectivity index (χ1v) is 6.05. The molecule has 1 aromatic heterocycles. The Kier molecular flexibility index (Phi) is 5.25. The third-order valence-electron chi connectivity index (χ3n) is 1.66. The van der Waals surface area contributed by atoms with Gasteiger partial charge in [-0.3, -0.25) is 0 Å². The Labute approximate surface area is 88.9 Å². The third kappa shape index (κ3) is 4.53. The van der Waals surface area contributed by atoms with Crippen LogP contribution in [0.3, 0.4) is 0 Å². The summed E-state index contributed by atoms with van der Waals surface area (Å²) in [7, 11) is 0. The summed E-state index contributed by atoms with van der Waals surface area (Å²) in [6.45, 7) is 2.21. The Balaban J connectivity index is 2.28. The Morgan fingerprint density at radius 1 is 1.46 bits per heavy atom. The van der Waals surface area contributed by atoms with E-state index in [1.165, 1.54) is 18.6 Å². The summed E-state index contributed by atoms with van der Waals surface area (Å²) in [5, 5.41) is 0.591. The van der Waals surface area contributed by atoms with Crippen LogP contribution in [0.15, 0.2) is 18.2 Å². The van der Waals surface area contributed by atoms with Gasteiger partial charge < -0.3 is 0 Å². The summed E-state index contributed by atoms with van der Waals surface area (Å²) >= 11 is 7.68. The van der Waals surface area contributed by atoms with E-state index < -0.39 is 0 Å². The Bertz CT molecular complexity index is 252. The molecule has 0 saturated carbocycles. The van der Waals surface area contributed by atoms with Crippen molar-refractivity contribution in [1.29, 1.82) is 0 Å². The van der Waals surface area contributed by atoms with Crippen LogP contribution in [0.1, 0.15) is 25.5 Å². The molecule has 0 bridgehead atoms. The minimum Gasteiger partial charge on any atom is -0.240 e. The fraction of sp³-hybridized carbons (Fsp3) is 0.500. The number of hydrogen-bond acceptors (Lipinski definition) is 2. The van der Waals surface area contributed by atoms with Crippen molar-refractivity contribution in [3.05, 3.63) is 29.0 Å². The smallest absolute Gasteiger partial charge is 0.129 e. The van der Waals surface area contributed by atoms with Gasteiger partial charge in [0.25, 0.3) is 0 Å². The molecular weight excluding hydrogens is 202 g/mol. The lowest BCUT2D eigenvalue weighted by molar-refractivity contribution is 0.895. The summed E-state index contributed by atoms with van der Waals surface area (Å²) in [6.07, 6.45) is 2.54. The van der Waals surface area contributed by atoms with Crippen molar-refractivity contribution in [3.63, 3.8) is 0 Å². The van der Waals surface area contributed by atoms with E-state index in [1.54, 1.807) is 0 Å². The number of hydrogen-bond donors (Lipinski definition) is 0. The molecule has 13 heavy (non-hydrogen) atoms. The maximum Gasteiger partial charge on any atom is 0.129 e. The predicted octanol–water partition coefficient (Wildman–Crippen LogP) is 3.77. The zero-order valence-corrected chi connectivity index (χ0v) is 9.37. The standard InChI is InChI=1S/C10H14ClNS/c1-2-3-7-13-8-9-5-4-6-10(11)12-9/h4-6H,2-3,7-8H2,1H3. The highest BCUT2D eigenvalue weighted by atomic mass is 35.5. The quantitative estimate of drug-likeness (QED) is 0.548. The lowest BCUT2D eigenvalue weighted by atomic mass is 10.4. The molecule has 0 aliphatic heterocycles. The first-order valence-electron chi connectivity index (χ1n) is 4.52. The van der Waals surface area contributed by atoms with Crippen LogP contribution in [-0.2, 0) is 5.75 Å². The third-order valence-corrected chi connectivity index (χ3v) is 2.95. The summed E-state index contributed by atoms with van der Waals surface area (Å²) in [4.78, 5) is 4.22. The largest absolute Gasteiger partial charge is 0.240 e. The van der Waals surface area contributed by atoms with Gasteiger partial charge in [0.2, 0.25) is 0 Å². The molecule has 0 aromatic carbocycles. The number of pyridine rings is 1. The Morgan fingerprint density at radius 3 is 3.00 bits per heavy atom. The van der Waals surface area contributed by atoms with Gasteiger partial charge in [-0.1, -0.05) is 31.0 Å². The molecule has 0 unspecified atom stereocenters. The van der Waals surface area contributed by atoms with E-state index in [-0.39, 0.29) is 0 Å². The van der Waals surface area contributed by atoms with Gasteiger partial charge in [0, 0.05) is 5.75 Å². The fourth-order valence-corrected chi connectivity index (χ4v) is 2.14. The molecule has 0 amide bonds. The van der Waals surface area contributed by atoms with Gasteiger partial charge in [-0.05, 0) is 24.3 Å². The molecule has 0 aliphatic carbocycles. The highest BCUT2D eigenvalue weighted by molar-refractivity contribution is 7.98. The lowest BCUT2D eigenvalue weighted by Gasteiger charge is -2.00. The van der Waals surface area contributed by atoms with Gasteiger partial charge in [0.15, 0.2) is 0 Å². The van der Waals surface area contributed by atoms with Crippen molar-refractivity contribution in [2.75, 3.05) is 5.75 Å². The van der Waals surface area contributed by atoms with Crippen molar-refractivity contribution in [3.8, 4) is 0 Å². The fourth-order valence-electron chi connectivity index (χ4n) is 0.954. The highest BCUT2D eigenvalue weighted by Gasteiger charge is 1.95. The van der Waals surface area contributed by atoms with Crippen molar-refractivity contribution in [1.82, 2.24) is 4.98 Å². The van der Waals surface area contributed by atoms with Crippen molar-refractivity contribution in [2.24, 2.45) is 0 Å². The molecule has 0 spiro atoms. The summed E-state index contributed by atoms with van der Waals surface area (Å²) < 4.78 is 0. The van der Waals surface area contributed by atoms with E-state index in [9.17, 15) is 0 Å². The van der Waals surface area contributed by atoms with Crippen molar-refractivity contribution >= 4 is 23.4 Å². The summed E-state index contributed by atoms with van der Waals surface area (Å²) in [5.74, 6) is 2.19. The molecule has 0 radical (unpaired) electrons. The van der Waals surface area contributed by atoms with Crippen LogP contribution in [0, 0.1) is 0 Å². The van der Waals surface area contributed by atoms with Gasteiger partial charge in [-0.2, -0.15) is 11.8 Å². The van der Waals surface area contributed by atoms with Gasteiger partial charge >= 0.3 is 0 Å². The Morgan fingerprint density at radius 2 is 2.31 bits per heavy atom. The van der Waals surface area contributed by atoms with Crippen LogP contribution < -0.4 is 0 Å². The molecule has 0 aliphatic rings. The molecule has 1 rings (SSSR count). The minimum atomic E-state index is 0.591. The first-order chi connectivity index (χ1) is 6.33. The number of thioether (sulfide) groups is 1. The lowest BCUT2D eigenvalue weighted by Crippen LogP contribution is -1.87. The zero-order chi connectivity index (χ0) is 9.52. The van der Waals surface area contributed by atoms with Crippen LogP contribution in [-0.4, -0.2) is 10.7 Å². The molecule has 0 fully saturated rings. The van der Waals surface area contributed by atoms with E-state index in [0.29, 0.717) is 5.15 Å². The zero-order valence-electron chi connectivity index (χ0n) is 7.79. The molecule has 1 heterocycles. The Hall–Kier alpha value is -0.210. The predicted molar refractivity (Wildman–Crippen MR) is 60.3 cm³/mol. The molecule has 72 valence electrons. The number of unbranched alkanes of at least 4 members (excludes halogenated alkanes) is 1. The average Bonchev–Trinajstić information content (AvgIpc) is 2.13. The SMILES string of the molecule is CCCCSCc1cccc(Cl)n1. The number of aromatic nitrogens is 1. The van der Waals surface area contributed by atoms with E-state index in [2.05, 4.69) is 11.9 Å². The van der Waals surface area contributed by atoms with Crippen molar-refractivity contribution in [2.45, 2.75) is 25.5 Å². The molecule has 0 atom stereocenters. The van der Waals surface area contributed by atoms with Crippen LogP contribution in [0.5, 0.6) is 0 Å². The van der Waals surface area contributed by atoms with Crippen LogP contribution in [0.4, 0.5) is 0 Å². The van der Waals surface area contributed by atoms with Crippen LogP contribution >= 0.6 is 23.4 Å². The topological polar surface area (TPSA) is 12.9 Å². The van der Waals surface area contributed by atoms with E-state index in [1.807, 2.05) is 30.0 Å². The molecule has 0 N–H and O–H groups in total. The normalized spacial score (nSPS) is 10.3. The second-order valence-electron chi connectivity index (χ2n) is 2.86. The van der Waals surface area contributed by atoms with Crippen LogP contribution in [0.25, 0.3) is 0 Å². The van der Waals surface area contributed by atoms with Gasteiger partial charge in [-0.25, -0.2) is 4.98 Å². The number of halogens is 1. The first kappa shape index (κ1) is 10.9. The monoisotopic (exact) mass is 215 g/mol. The average molecular weight is 216 g/mol. The van der Waals surface area contributed by atoms with E-state index in [4.69, 9.17) is 11.6 Å². The highest BCUT2D eigenvalue weighted by Crippen LogP contribution is 2.13. The maximum absolute atomic E-state index is 5.76. The molecule has 1 nitrogen and oxygen atoms in total. The van der Waals surface area contributed by atoms with Crippen LogP contribution in [0.2, 0.25) is 5.15 Å². The molecular formula is C10H14ClNS. The summed E-state index contributed by atoms with van der Waals surface area (Å²) in [5.41, 5.74) is 1.08.